The standard InChI is InChI=1S/C17H29NO/c1-6-8-13(7-2)18-15-10-17(4,5)11-16-14(15)9-12(3)19-16/h9,13,15,18H,6-8,10-11H2,1-5H3. The van der Waals surface area contributed by atoms with Gasteiger partial charge in [-0.1, -0.05) is 34.1 Å². The molecule has 0 aromatic carbocycles. The Hall–Kier alpha value is -0.760. The van der Waals surface area contributed by atoms with Gasteiger partial charge in [-0.25, -0.2) is 0 Å². The van der Waals surface area contributed by atoms with Crippen molar-refractivity contribution in [3.8, 4) is 0 Å². The molecule has 0 saturated carbocycles. The van der Waals surface area contributed by atoms with Crippen molar-refractivity contribution in [2.45, 2.75) is 78.8 Å². The molecule has 2 nitrogen and oxygen atoms in total. The van der Waals surface area contributed by atoms with Crippen LogP contribution in [0.4, 0.5) is 0 Å². The maximum Gasteiger partial charge on any atom is 0.109 e. The van der Waals surface area contributed by atoms with Crippen molar-refractivity contribution in [1.82, 2.24) is 5.32 Å². The molecule has 1 N–H and O–H groups in total. The van der Waals surface area contributed by atoms with E-state index in [1.54, 1.807) is 0 Å². The van der Waals surface area contributed by atoms with Crippen molar-refractivity contribution in [2.75, 3.05) is 0 Å². The molecule has 2 atom stereocenters. The van der Waals surface area contributed by atoms with Crippen molar-refractivity contribution in [2.24, 2.45) is 5.41 Å². The Morgan fingerprint density at radius 2 is 2.16 bits per heavy atom. The van der Waals surface area contributed by atoms with E-state index in [1.165, 1.54) is 37.0 Å². The van der Waals surface area contributed by atoms with Crippen LogP contribution in [-0.4, -0.2) is 6.04 Å². The number of furan rings is 1. The fraction of sp³-hybridized carbons (Fsp3) is 0.765. The van der Waals surface area contributed by atoms with Gasteiger partial charge in [0.25, 0.3) is 0 Å². The van der Waals surface area contributed by atoms with Crippen molar-refractivity contribution in [3.63, 3.8) is 0 Å². The van der Waals surface area contributed by atoms with Gasteiger partial charge < -0.3 is 9.73 Å². The van der Waals surface area contributed by atoms with E-state index in [1.807, 2.05) is 0 Å². The number of aryl methyl sites for hydroxylation is 1. The van der Waals surface area contributed by atoms with Crippen LogP contribution in [-0.2, 0) is 6.42 Å². The van der Waals surface area contributed by atoms with Gasteiger partial charge in [-0.2, -0.15) is 0 Å². The Morgan fingerprint density at radius 1 is 1.42 bits per heavy atom. The molecule has 1 aliphatic rings. The van der Waals surface area contributed by atoms with E-state index in [0.717, 1.165) is 12.2 Å². The molecule has 0 radical (unpaired) electrons. The van der Waals surface area contributed by atoms with Crippen LogP contribution in [0.15, 0.2) is 10.5 Å². The summed E-state index contributed by atoms with van der Waals surface area (Å²) in [5.74, 6) is 2.26. The van der Waals surface area contributed by atoms with Gasteiger partial charge in [0.2, 0.25) is 0 Å². The van der Waals surface area contributed by atoms with Crippen LogP contribution in [0, 0.1) is 12.3 Å². The Labute approximate surface area is 118 Å². The third-order valence-electron chi connectivity index (χ3n) is 4.30. The molecule has 0 amide bonds. The first-order valence-electron chi connectivity index (χ1n) is 7.80. The fourth-order valence-electron chi connectivity index (χ4n) is 3.37. The molecule has 0 bridgehead atoms. The van der Waals surface area contributed by atoms with E-state index in [2.05, 4.69) is 46.0 Å². The number of hydrogen-bond donors (Lipinski definition) is 1. The zero-order valence-electron chi connectivity index (χ0n) is 13.2. The van der Waals surface area contributed by atoms with Crippen LogP contribution in [0.25, 0.3) is 0 Å². The molecule has 1 aromatic heterocycles. The lowest BCUT2D eigenvalue weighted by molar-refractivity contribution is 0.220. The van der Waals surface area contributed by atoms with Crippen molar-refractivity contribution < 1.29 is 4.42 Å². The number of nitrogens with one attached hydrogen (secondary N) is 1. The van der Waals surface area contributed by atoms with Crippen molar-refractivity contribution in [3.05, 3.63) is 23.2 Å². The van der Waals surface area contributed by atoms with E-state index in [0.29, 0.717) is 17.5 Å². The molecule has 1 heterocycles. The molecule has 19 heavy (non-hydrogen) atoms. The second-order valence-electron chi connectivity index (χ2n) is 6.89. The number of hydrogen-bond acceptors (Lipinski definition) is 2. The van der Waals surface area contributed by atoms with Gasteiger partial charge in [0, 0.05) is 24.1 Å². The largest absolute Gasteiger partial charge is 0.466 e. The van der Waals surface area contributed by atoms with Crippen LogP contribution in [0.2, 0.25) is 0 Å². The molecular formula is C17H29NO. The first-order valence-corrected chi connectivity index (χ1v) is 7.80. The molecule has 1 aliphatic carbocycles. The summed E-state index contributed by atoms with van der Waals surface area (Å²) < 4.78 is 5.91. The summed E-state index contributed by atoms with van der Waals surface area (Å²) >= 11 is 0. The minimum atomic E-state index is 0.333. The molecule has 2 rings (SSSR count). The van der Waals surface area contributed by atoms with E-state index in [-0.39, 0.29) is 0 Å². The highest BCUT2D eigenvalue weighted by Crippen LogP contribution is 2.42. The highest BCUT2D eigenvalue weighted by molar-refractivity contribution is 5.29. The summed E-state index contributed by atoms with van der Waals surface area (Å²) in [7, 11) is 0. The average molecular weight is 263 g/mol. The van der Waals surface area contributed by atoms with Gasteiger partial charge in [0.15, 0.2) is 0 Å². The van der Waals surface area contributed by atoms with Crippen LogP contribution in [0.1, 0.15) is 76.5 Å². The van der Waals surface area contributed by atoms with E-state index >= 15 is 0 Å². The lowest BCUT2D eigenvalue weighted by Crippen LogP contribution is -2.38. The number of fused-ring (bicyclic) bond motifs is 1. The fourth-order valence-corrected chi connectivity index (χ4v) is 3.37. The number of rotatable bonds is 5. The predicted octanol–water partition coefficient (Wildman–Crippen LogP) is 4.77. The molecular weight excluding hydrogens is 234 g/mol. The lowest BCUT2D eigenvalue weighted by atomic mass is 9.74. The first kappa shape index (κ1) is 14.6. The smallest absolute Gasteiger partial charge is 0.109 e. The SMILES string of the molecule is CCCC(CC)NC1CC(C)(C)Cc2oc(C)cc21. The van der Waals surface area contributed by atoms with Crippen LogP contribution < -0.4 is 5.32 Å². The molecule has 0 spiro atoms. The van der Waals surface area contributed by atoms with E-state index in [9.17, 15) is 0 Å². The summed E-state index contributed by atoms with van der Waals surface area (Å²) in [6.45, 7) is 11.3. The maximum absolute atomic E-state index is 5.91. The molecule has 0 saturated heterocycles. The van der Waals surface area contributed by atoms with Gasteiger partial charge in [0.1, 0.15) is 11.5 Å². The zero-order chi connectivity index (χ0) is 14.0. The lowest BCUT2D eigenvalue weighted by Gasteiger charge is -2.36. The monoisotopic (exact) mass is 263 g/mol. The molecule has 108 valence electrons. The third kappa shape index (κ3) is 3.42. The summed E-state index contributed by atoms with van der Waals surface area (Å²) in [6, 6.07) is 3.33. The minimum absolute atomic E-state index is 0.333. The normalized spacial score (nSPS) is 23.1. The average Bonchev–Trinajstić information content (AvgIpc) is 2.67. The van der Waals surface area contributed by atoms with Crippen molar-refractivity contribution in [1.29, 1.82) is 0 Å². The maximum atomic E-state index is 5.91. The molecule has 2 heteroatoms. The Morgan fingerprint density at radius 3 is 2.79 bits per heavy atom. The van der Waals surface area contributed by atoms with Gasteiger partial charge in [-0.05, 0) is 37.7 Å². The van der Waals surface area contributed by atoms with Gasteiger partial charge in [-0.3, -0.25) is 0 Å². The summed E-state index contributed by atoms with van der Waals surface area (Å²) in [6.07, 6.45) is 5.99. The highest BCUT2D eigenvalue weighted by Gasteiger charge is 2.35. The predicted molar refractivity (Wildman–Crippen MR) is 80.4 cm³/mol. The van der Waals surface area contributed by atoms with Gasteiger partial charge in [-0.15, -0.1) is 0 Å². The highest BCUT2D eigenvalue weighted by atomic mass is 16.3. The Balaban J connectivity index is 2.19. The van der Waals surface area contributed by atoms with Gasteiger partial charge >= 0.3 is 0 Å². The van der Waals surface area contributed by atoms with Gasteiger partial charge in [0.05, 0.1) is 0 Å². The third-order valence-corrected chi connectivity index (χ3v) is 4.30. The van der Waals surface area contributed by atoms with Crippen LogP contribution in [0.3, 0.4) is 0 Å². The molecule has 0 aliphatic heterocycles. The van der Waals surface area contributed by atoms with Crippen molar-refractivity contribution >= 4 is 0 Å². The zero-order valence-corrected chi connectivity index (χ0v) is 13.2. The quantitative estimate of drug-likeness (QED) is 0.827. The topological polar surface area (TPSA) is 25.2 Å². The Bertz CT molecular complexity index is 419. The second kappa shape index (κ2) is 5.70. The second-order valence-corrected chi connectivity index (χ2v) is 6.89. The van der Waals surface area contributed by atoms with E-state index in [4.69, 9.17) is 4.42 Å². The minimum Gasteiger partial charge on any atom is -0.466 e. The molecule has 1 aromatic rings. The van der Waals surface area contributed by atoms with E-state index < -0.39 is 0 Å². The Kier molecular flexibility index (Phi) is 4.39. The summed E-state index contributed by atoms with van der Waals surface area (Å²) in [5.41, 5.74) is 1.74. The van der Waals surface area contributed by atoms with Crippen LogP contribution >= 0.6 is 0 Å². The molecule has 2 unspecified atom stereocenters. The summed E-state index contributed by atoms with van der Waals surface area (Å²) in [4.78, 5) is 0. The first-order chi connectivity index (χ1) is 8.95. The van der Waals surface area contributed by atoms with Crippen LogP contribution in [0.5, 0.6) is 0 Å². The molecule has 0 fully saturated rings. The summed E-state index contributed by atoms with van der Waals surface area (Å²) in [5, 5.41) is 3.87.